The van der Waals surface area contributed by atoms with Gasteiger partial charge in [-0.1, -0.05) is 6.07 Å². The zero-order chi connectivity index (χ0) is 14.0. The molecule has 20 heavy (non-hydrogen) atoms. The lowest BCUT2D eigenvalue weighted by atomic mass is 10.0. The molecule has 2 N–H and O–H groups in total. The molecule has 0 aliphatic carbocycles. The van der Waals surface area contributed by atoms with Crippen LogP contribution in [0.4, 0.5) is 0 Å². The Kier molecular flexibility index (Phi) is 3.97. The van der Waals surface area contributed by atoms with Crippen LogP contribution in [0, 0.1) is 5.92 Å². The van der Waals surface area contributed by atoms with E-state index >= 15 is 0 Å². The van der Waals surface area contributed by atoms with E-state index in [0.29, 0.717) is 23.5 Å². The van der Waals surface area contributed by atoms with Gasteiger partial charge in [-0.2, -0.15) is 8.75 Å². The van der Waals surface area contributed by atoms with Gasteiger partial charge in [0.1, 0.15) is 15.9 Å². The third-order valence-corrected chi connectivity index (χ3v) is 5.50. The van der Waals surface area contributed by atoms with Crippen molar-refractivity contribution >= 4 is 32.8 Å². The Hall–Kier alpha value is -1.09. The van der Waals surface area contributed by atoms with Crippen molar-refractivity contribution in [3.05, 3.63) is 18.2 Å². The number of fused-ring (bicyclic) bond motifs is 1. The lowest BCUT2D eigenvalue weighted by Gasteiger charge is -2.22. The molecule has 2 heterocycles. The first kappa shape index (κ1) is 13.9. The van der Waals surface area contributed by atoms with Gasteiger partial charge in [-0.15, -0.1) is 0 Å². The molecule has 6 nitrogen and oxygen atoms in total. The van der Waals surface area contributed by atoms with Crippen LogP contribution in [-0.4, -0.2) is 36.8 Å². The smallest absolute Gasteiger partial charge is 0.242 e. The van der Waals surface area contributed by atoms with Gasteiger partial charge in [-0.25, -0.2) is 13.1 Å². The molecule has 0 amide bonds. The summed E-state index contributed by atoms with van der Waals surface area (Å²) in [5, 5.41) is 3.28. The zero-order valence-electron chi connectivity index (χ0n) is 10.9. The van der Waals surface area contributed by atoms with Gasteiger partial charge in [0.2, 0.25) is 10.0 Å². The maximum absolute atomic E-state index is 12.4. The van der Waals surface area contributed by atoms with Crippen LogP contribution >= 0.6 is 11.7 Å². The zero-order valence-corrected chi connectivity index (χ0v) is 12.5. The van der Waals surface area contributed by atoms with Gasteiger partial charge in [0.15, 0.2) is 0 Å². The van der Waals surface area contributed by atoms with Crippen molar-refractivity contribution in [1.29, 1.82) is 0 Å². The van der Waals surface area contributed by atoms with Gasteiger partial charge >= 0.3 is 0 Å². The summed E-state index contributed by atoms with van der Waals surface area (Å²) < 4.78 is 35.6. The highest BCUT2D eigenvalue weighted by Gasteiger charge is 2.21. The second kappa shape index (κ2) is 5.72. The van der Waals surface area contributed by atoms with Crippen molar-refractivity contribution < 1.29 is 8.42 Å². The van der Waals surface area contributed by atoms with Crippen molar-refractivity contribution in [1.82, 2.24) is 18.8 Å². The monoisotopic (exact) mass is 312 g/mol. The summed E-state index contributed by atoms with van der Waals surface area (Å²) in [6, 6.07) is 5.04. The molecule has 1 aromatic heterocycles. The van der Waals surface area contributed by atoms with Crippen LogP contribution in [0.3, 0.4) is 0 Å². The predicted octanol–water partition coefficient (Wildman–Crippen LogP) is 0.969. The molecule has 108 valence electrons. The number of nitrogens with zero attached hydrogens (tertiary/aromatic N) is 2. The SMILES string of the molecule is O=S(=O)(NCC1CCCNC1)c1cccc2nsnc12. The van der Waals surface area contributed by atoms with Crippen LogP contribution in [0.1, 0.15) is 12.8 Å². The van der Waals surface area contributed by atoms with Gasteiger partial charge in [0, 0.05) is 6.54 Å². The molecule has 1 unspecified atom stereocenters. The minimum Gasteiger partial charge on any atom is -0.316 e. The fourth-order valence-electron chi connectivity index (χ4n) is 2.40. The second-order valence-corrected chi connectivity index (χ2v) is 7.22. The summed E-state index contributed by atoms with van der Waals surface area (Å²) >= 11 is 1.03. The average Bonchev–Trinajstić information content (AvgIpc) is 2.94. The number of aromatic nitrogens is 2. The van der Waals surface area contributed by atoms with Crippen molar-refractivity contribution in [2.75, 3.05) is 19.6 Å². The van der Waals surface area contributed by atoms with Crippen molar-refractivity contribution in [2.24, 2.45) is 5.92 Å². The third-order valence-electron chi connectivity index (χ3n) is 3.50. The standard InChI is InChI=1S/C12H16N4O2S2/c17-20(18,14-8-9-3-2-6-13-7-9)11-5-1-4-10-12(11)16-19-15-10/h1,4-5,9,13-14H,2-3,6-8H2. The summed E-state index contributed by atoms with van der Waals surface area (Å²) in [6.07, 6.45) is 2.15. The van der Waals surface area contributed by atoms with Crippen LogP contribution in [0.2, 0.25) is 0 Å². The van der Waals surface area contributed by atoms with Gasteiger partial charge in [-0.05, 0) is 44.0 Å². The largest absolute Gasteiger partial charge is 0.316 e. The number of hydrogen-bond acceptors (Lipinski definition) is 6. The Morgan fingerprint density at radius 1 is 1.40 bits per heavy atom. The lowest BCUT2D eigenvalue weighted by molar-refractivity contribution is 0.376. The van der Waals surface area contributed by atoms with E-state index in [2.05, 4.69) is 18.8 Å². The van der Waals surface area contributed by atoms with Crippen LogP contribution < -0.4 is 10.0 Å². The number of piperidine rings is 1. The third kappa shape index (κ3) is 2.83. The highest BCUT2D eigenvalue weighted by atomic mass is 32.2. The van der Waals surface area contributed by atoms with Gasteiger partial charge < -0.3 is 5.32 Å². The fourth-order valence-corrected chi connectivity index (χ4v) is 4.28. The summed E-state index contributed by atoms with van der Waals surface area (Å²) in [6.45, 7) is 2.35. The summed E-state index contributed by atoms with van der Waals surface area (Å²) in [4.78, 5) is 0.215. The molecule has 0 bridgehead atoms. The van der Waals surface area contributed by atoms with Gasteiger partial charge in [-0.3, -0.25) is 0 Å². The average molecular weight is 312 g/mol. The molecular weight excluding hydrogens is 296 g/mol. The lowest BCUT2D eigenvalue weighted by Crippen LogP contribution is -2.38. The van der Waals surface area contributed by atoms with Gasteiger partial charge in [0.05, 0.1) is 11.7 Å². The number of benzene rings is 1. The number of rotatable bonds is 4. The molecule has 1 atom stereocenters. The molecule has 1 saturated heterocycles. The topological polar surface area (TPSA) is 84.0 Å². The fraction of sp³-hybridized carbons (Fsp3) is 0.500. The first-order valence-corrected chi connectivity index (χ1v) is 8.80. The van der Waals surface area contributed by atoms with Crippen LogP contribution in [-0.2, 0) is 10.0 Å². The normalized spacial score (nSPS) is 20.3. The molecule has 8 heteroatoms. The number of hydrogen-bond donors (Lipinski definition) is 2. The maximum atomic E-state index is 12.4. The van der Waals surface area contributed by atoms with E-state index in [1.54, 1.807) is 18.2 Å². The molecule has 1 aliphatic rings. The molecule has 0 radical (unpaired) electrons. The quantitative estimate of drug-likeness (QED) is 0.879. The van der Waals surface area contributed by atoms with Crippen molar-refractivity contribution in [3.8, 4) is 0 Å². The number of sulfonamides is 1. The van der Waals surface area contributed by atoms with E-state index in [9.17, 15) is 8.42 Å². The van der Waals surface area contributed by atoms with E-state index < -0.39 is 10.0 Å². The van der Waals surface area contributed by atoms with E-state index in [1.807, 2.05) is 0 Å². The highest BCUT2D eigenvalue weighted by molar-refractivity contribution is 7.89. The number of nitrogens with one attached hydrogen (secondary N) is 2. The highest BCUT2D eigenvalue weighted by Crippen LogP contribution is 2.21. The van der Waals surface area contributed by atoms with Crippen LogP contribution in [0.25, 0.3) is 11.0 Å². The van der Waals surface area contributed by atoms with E-state index in [1.165, 1.54) is 0 Å². The molecule has 1 aliphatic heterocycles. The van der Waals surface area contributed by atoms with Crippen molar-refractivity contribution in [3.63, 3.8) is 0 Å². The van der Waals surface area contributed by atoms with E-state index in [-0.39, 0.29) is 4.90 Å². The second-order valence-electron chi connectivity index (χ2n) is 4.95. The first-order chi connectivity index (χ1) is 9.67. The Morgan fingerprint density at radius 2 is 2.30 bits per heavy atom. The summed E-state index contributed by atoms with van der Waals surface area (Å²) in [5.74, 6) is 0.353. The molecular formula is C12H16N4O2S2. The molecule has 1 fully saturated rings. The Balaban J connectivity index is 1.79. The van der Waals surface area contributed by atoms with Crippen LogP contribution in [0.5, 0.6) is 0 Å². The Bertz CT molecular complexity index is 692. The Morgan fingerprint density at radius 3 is 3.10 bits per heavy atom. The molecule has 0 spiro atoms. The Labute approximate surface area is 122 Å². The molecule has 3 rings (SSSR count). The maximum Gasteiger partial charge on any atom is 0.242 e. The minimum absolute atomic E-state index is 0.215. The van der Waals surface area contributed by atoms with E-state index in [0.717, 1.165) is 37.7 Å². The van der Waals surface area contributed by atoms with Crippen LogP contribution in [0.15, 0.2) is 23.1 Å². The molecule has 0 saturated carbocycles. The minimum atomic E-state index is -3.53. The first-order valence-electron chi connectivity index (χ1n) is 6.58. The summed E-state index contributed by atoms with van der Waals surface area (Å²) in [7, 11) is -3.53. The molecule has 2 aromatic rings. The summed E-state index contributed by atoms with van der Waals surface area (Å²) in [5.41, 5.74) is 1.07. The van der Waals surface area contributed by atoms with Crippen molar-refractivity contribution in [2.45, 2.75) is 17.7 Å². The predicted molar refractivity (Wildman–Crippen MR) is 78.2 cm³/mol. The van der Waals surface area contributed by atoms with E-state index in [4.69, 9.17) is 0 Å². The van der Waals surface area contributed by atoms with Gasteiger partial charge in [0.25, 0.3) is 0 Å². The molecule has 1 aromatic carbocycles.